The number of rotatable bonds is 4. The topological polar surface area (TPSA) is 63.9 Å². The van der Waals surface area contributed by atoms with Crippen LogP contribution in [0.1, 0.15) is 16.9 Å². The molecule has 0 aromatic heterocycles. The molecule has 0 radical (unpaired) electrons. The van der Waals surface area contributed by atoms with Gasteiger partial charge in [-0.25, -0.2) is 4.42 Å². The standard InChI is InChI=1S/C19H17NO4/c1-2-23-19(22)17-18(21)20(15-11-7-4-8-12-15)13-16(24-17)14-9-5-3-6-10-14/h3-12H,2,13H2,1H3. The number of nitrogens with zero attached hydrogens (tertiary/aromatic N) is 1. The smallest absolute Gasteiger partial charge is 0.439 e. The summed E-state index contributed by atoms with van der Waals surface area (Å²) < 4.78 is 10.6. The number of para-hydroxylation sites is 1. The molecule has 0 aliphatic carbocycles. The normalized spacial score (nSPS) is 16.6. The van der Waals surface area contributed by atoms with Gasteiger partial charge in [-0.2, -0.15) is 0 Å². The van der Waals surface area contributed by atoms with Gasteiger partial charge < -0.3 is 9.84 Å². The predicted molar refractivity (Wildman–Crippen MR) is 88.2 cm³/mol. The third kappa shape index (κ3) is 3.15. The van der Waals surface area contributed by atoms with E-state index in [0.29, 0.717) is 11.5 Å². The summed E-state index contributed by atoms with van der Waals surface area (Å²) in [5.41, 5.74) is 1.51. The van der Waals surface area contributed by atoms with Crippen LogP contribution in [0.4, 0.5) is 5.69 Å². The lowest BCUT2D eigenvalue weighted by Gasteiger charge is -2.22. The van der Waals surface area contributed by atoms with Gasteiger partial charge in [0.2, 0.25) is 0 Å². The molecule has 1 aliphatic rings. The van der Waals surface area contributed by atoms with Gasteiger partial charge in [0.15, 0.2) is 5.95 Å². The van der Waals surface area contributed by atoms with Crippen molar-refractivity contribution in [3.8, 4) is 0 Å². The summed E-state index contributed by atoms with van der Waals surface area (Å²) in [4.78, 5) is 14.2. The third-order valence-corrected chi connectivity index (χ3v) is 3.59. The van der Waals surface area contributed by atoms with Crippen LogP contribution in [-0.2, 0) is 9.53 Å². The van der Waals surface area contributed by atoms with Gasteiger partial charge in [-0.3, -0.25) is 9.69 Å². The maximum absolute atomic E-state index is 12.7. The van der Waals surface area contributed by atoms with E-state index in [1.807, 2.05) is 60.7 Å². The zero-order valence-electron chi connectivity index (χ0n) is 13.3. The summed E-state index contributed by atoms with van der Waals surface area (Å²) in [5, 5.41) is 12.1. The molecule has 0 N–H and O–H groups in total. The number of benzene rings is 2. The van der Waals surface area contributed by atoms with Crippen LogP contribution in [0, 0.1) is 0 Å². The van der Waals surface area contributed by atoms with Crippen LogP contribution in [-0.4, -0.2) is 24.8 Å². The van der Waals surface area contributed by atoms with E-state index in [1.54, 1.807) is 6.92 Å². The van der Waals surface area contributed by atoms with Crippen LogP contribution in [0.25, 0.3) is 0 Å². The molecule has 0 saturated heterocycles. The van der Waals surface area contributed by atoms with E-state index in [2.05, 4.69) is 0 Å². The van der Waals surface area contributed by atoms with E-state index in [4.69, 9.17) is 9.16 Å². The molecule has 0 atom stereocenters. The lowest BCUT2D eigenvalue weighted by Crippen LogP contribution is -2.42. The fourth-order valence-corrected chi connectivity index (χ4v) is 2.45. The molecule has 0 bridgehead atoms. The molecule has 1 heterocycles. The number of hydrogen-bond acceptors (Lipinski definition) is 3. The van der Waals surface area contributed by atoms with E-state index in [0.717, 1.165) is 5.56 Å². The second-order valence-electron chi connectivity index (χ2n) is 5.17. The van der Waals surface area contributed by atoms with Gasteiger partial charge >= 0.3 is 17.4 Å². The molecule has 1 aliphatic heterocycles. The van der Waals surface area contributed by atoms with Gasteiger partial charge in [0.05, 0.1) is 5.56 Å². The van der Waals surface area contributed by atoms with Crippen molar-refractivity contribution >= 4 is 17.4 Å². The van der Waals surface area contributed by atoms with E-state index in [9.17, 15) is 9.90 Å². The molecule has 0 spiro atoms. The van der Waals surface area contributed by atoms with E-state index >= 15 is 0 Å². The van der Waals surface area contributed by atoms with Gasteiger partial charge in [-0.15, -0.1) is 0 Å². The molecule has 0 fully saturated rings. The predicted octanol–water partition coefficient (Wildman–Crippen LogP) is 2.02. The van der Waals surface area contributed by atoms with E-state index < -0.39 is 11.9 Å². The fraction of sp³-hybridized carbons (Fsp3) is 0.158. The summed E-state index contributed by atoms with van der Waals surface area (Å²) in [5.74, 6) is -1.04. The molecule has 5 nitrogen and oxygen atoms in total. The highest BCUT2D eigenvalue weighted by atomic mass is 16.6. The van der Waals surface area contributed by atoms with Crippen molar-refractivity contribution in [3.63, 3.8) is 0 Å². The van der Waals surface area contributed by atoms with Crippen LogP contribution in [0.2, 0.25) is 0 Å². The highest BCUT2D eigenvalue weighted by molar-refractivity contribution is 6.13. The lowest BCUT2D eigenvalue weighted by molar-refractivity contribution is -0.375. The van der Waals surface area contributed by atoms with Crippen molar-refractivity contribution in [2.75, 3.05) is 18.1 Å². The van der Waals surface area contributed by atoms with E-state index in [-0.39, 0.29) is 18.9 Å². The van der Waals surface area contributed by atoms with Crippen molar-refractivity contribution in [2.45, 2.75) is 6.92 Å². The Labute approximate surface area is 140 Å². The Balaban J connectivity index is 2.08. The second kappa shape index (κ2) is 7.00. The molecular weight excluding hydrogens is 306 g/mol. The van der Waals surface area contributed by atoms with Crippen molar-refractivity contribution in [1.82, 2.24) is 0 Å². The van der Waals surface area contributed by atoms with Gasteiger partial charge in [0.1, 0.15) is 6.54 Å². The quantitative estimate of drug-likeness (QED) is 0.491. The molecule has 2 aromatic carbocycles. The Morgan fingerprint density at radius 1 is 1.12 bits per heavy atom. The van der Waals surface area contributed by atoms with Crippen LogP contribution >= 0.6 is 0 Å². The molecular formula is C19H17NO4. The van der Waals surface area contributed by atoms with Crippen molar-refractivity contribution in [3.05, 3.63) is 77.9 Å². The molecule has 24 heavy (non-hydrogen) atoms. The minimum Gasteiger partial charge on any atom is -0.607 e. The van der Waals surface area contributed by atoms with Crippen LogP contribution < -0.4 is 10.0 Å². The maximum atomic E-state index is 12.7. The first-order valence-electron chi connectivity index (χ1n) is 7.70. The van der Waals surface area contributed by atoms with Gasteiger partial charge in [-0.1, -0.05) is 43.3 Å². The average Bonchev–Trinajstić information content (AvgIpc) is 2.63. The molecule has 0 saturated carbocycles. The third-order valence-electron chi connectivity index (χ3n) is 3.59. The molecule has 5 heteroatoms. The summed E-state index contributed by atoms with van der Waals surface area (Å²) in [6.45, 7) is 2.10. The van der Waals surface area contributed by atoms with Gasteiger partial charge in [0, 0.05) is 5.69 Å². The van der Waals surface area contributed by atoms with Crippen LogP contribution in [0.3, 0.4) is 0 Å². The zero-order chi connectivity index (χ0) is 16.9. The average molecular weight is 323 g/mol. The van der Waals surface area contributed by atoms with Gasteiger partial charge in [-0.05, 0) is 30.9 Å². The maximum Gasteiger partial charge on any atom is 0.439 e. The Hall–Kier alpha value is -3.08. The molecule has 3 rings (SSSR count). The Morgan fingerprint density at radius 2 is 1.75 bits per heavy atom. The van der Waals surface area contributed by atoms with Crippen LogP contribution in [0.15, 0.2) is 72.4 Å². The molecule has 0 unspecified atom stereocenters. The highest BCUT2D eigenvalue weighted by Gasteiger charge is 2.40. The summed E-state index contributed by atoms with van der Waals surface area (Å²) >= 11 is 0. The summed E-state index contributed by atoms with van der Waals surface area (Å²) in [7, 11) is 0. The lowest BCUT2D eigenvalue weighted by atomic mass is 10.1. The first kappa shape index (κ1) is 15.8. The molecule has 2 aromatic rings. The Morgan fingerprint density at radius 3 is 2.38 bits per heavy atom. The van der Waals surface area contributed by atoms with Gasteiger partial charge in [0.25, 0.3) is 0 Å². The van der Waals surface area contributed by atoms with Crippen LogP contribution in [0.5, 0.6) is 0 Å². The SMILES string of the molecule is CCO/C([O-])=C1\[O+]=C(c2ccccc2)CN(c2ccccc2)C1=O. The second-order valence-corrected chi connectivity index (χ2v) is 5.17. The Bertz CT molecular complexity index is 782. The summed E-state index contributed by atoms with van der Waals surface area (Å²) in [6, 6.07) is 18.6. The zero-order valence-corrected chi connectivity index (χ0v) is 13.3. The number of ketones is 1. The number of carbonyl (C=O) groups is 1. The molecule has 122 valence electrons. The first-order valence-corrected chi connectivity index (χ1v) is 7.70. The number of ether oxygens (including phenoxy) is 1. The number of carbonyl (C=O) groups excluding carboxylic acids is 2. The van der Waals surface area contributed by atoms with Crippen molar-refractivity contribution < 1.29 is 19.1 Å². The Kier molecular flexibility index (Phi) is 4.61. The largest absolute Gasteiger partial charge is 0.607 e. The number of anilines is 1. The monoisotopic (exact) mass is 323 g/mol. The summed E-state index contributed by atoms with van der Waals surface area (Å²) in [6.07, 6.45) is 0. The highest BCUT2D eigenvalue weighted by Crippen LogP contribution is 2.23. The first-order chi connectivity index (χ1) is 11.7. The molecule has 1 amide bonds. The van der Waals surface area contributed by atoms with Crippen molar-refractivity contribution in [2.24, 2.45) is 0 Å². The number of hydrogen-bond donors (Lipinski definition) is 0. The minimum atomic E-state index is -0.753. The van der Waals surface area contributed by atoms with Crippen molar-refractivity contribution in [1.29, 1.82) is 0 Å². The van der Waals surface area contributed by atoms with E-state index in [1.165, 1.54) is 4.90 Å². The number of amides is 1. The minimum absolute atomic E-state index is 0.172. The fourth-order valence-electron chi connectivity index (χ4n) is 2.45.